The molecule has 0 radical (unpaired) electrons. The maximum absolute atomic E-state index is 12.5. The van der Waals surface area contributed by atoms with E-state index in [1.165, 1.54) is 19.2 Å². The van der Waals surface area contributed by atoms with E-state index in [1.807, 2.05) is 52.9 Å². The average Bonchev–Trinajstić information content (AvgIpc) is 2.69. The number of hydrogen-bond donors (Lipinski definition) is 0. The molecule has 3 aromatic rings. The predicted molar refractivity (Wildman–Crippen MR) is 114 cm³/mol. The van der Waals surface area contributed by atoms with Crippen LogP contribution in [0.5, 0.6) is 11.5 Å². The second-order valence-corrected chi connectivity index (χ2v) is 8.19. The molecule has 0 saturated carbocycles. The first-order valence-electron chi connectivity index (χ1n) is 7.96. The number of nitrogens with zero attached hydrogens (tertiary/aromatic N) is 1. The van der Waals surface area contributed by atoms with Gasteiger partial charge in [-0.05, 0) is 64.6 Å². The van der Waals surface area contributed by atoms with Gasteiger partial charge in [0, 0.05) is 6.21 Å². The van der Waals surface area contributed by atoms with E-state index in [4.69, 9.17) is 8.92 Å². The van der Waals surface area contributed by atoms with Crippen LogP contribution in [0.25, 0.3) is 0 Å². The Balaban J connectivity index is 1.92. The van der Waals surface area contributed by atoms with Crippen molar-refractivity contribution in [2.45, 2.75) is 4.90 Å². The minimum atomic E-state index is -3.95. The van der Waals surface area contributed by atoms with Crippen molar-refractivity contribution in [2.24, 2.45) is 4.99 Å². The molecule has 0 fully saturated rings. The molecule has 0 bridgehead atoms. The highest BCUT2D eigenvalue weighted by atomic mass is 127. The Morgan fingerprint density at radius 3 is 2.22 bits per heavy atom. The second kappa shape index (κ2) is 8.53. The molecule has 0 saturated heterocycles. The van der Waals surface area contributed by atoms with Gasteiger partial charge in [0.05, 0.1) is 16.4 Å². The van der Waals surface area contributed by atoms with Crippen molar-refractivity contribution in [2.75, 3.05) is 7.11 Å². The normalized spacial score (nSPS) is 11.5. The molecular formula is C20H16INO4S. The molecule has 7 heteroatoms. The molecule has 0 heterocycles. The van der Waals surface area contributed by atoms with Gasteiger partial charge in [-0.15, -0.1) is 0 Å². The summed E-state index contributed by atoms with van der Waals surface area (Å²) in [7, 11) is -2.49. The molecule has 3 aromatic carbocycles. The van der Waals surface area contributed by atoms with Crippen LogP contribution in [0.2, 0.25) is 0 Å². The second-order valence-electron chi connectivity index (χ2n) is 5.48. The average molecular weight is 493 g/mol. The van der Waals surface area contributed by atoms with Gasteiger partial charge in [-0.2, -0.15) is 8.42 Å². The minimum Gasteiger partial charge on any atom is -0.493 e. The molecule has 0 amide bonds. The van der Waals surface area contributed by atoms with Gasteiger partial charge in [0.15, 0.2) is 11.5 Å². The van der Waals surface area contributed by atoms with Gasteiger partial charge in [0.2, 0.25) is 0 Å². The lowest BCUT2D eigenvalue weighted by Crippen LogP contribution is -2.11. The predicted octanol–water partition coefficient (Wildman–Crippen LogP) is 4.82. The number of aliphatic imine (C=N–C) groups is 1. The van der Waals surface area contributed by atoms with Gasteiger partial charge in [-0.25, -0.2) is 0 Å². The number of para-hydroxylation sites is 1. The van der Waals surface area contributed by atoms with Crippen molar-refractivity contribution in [1.82, 2.24) is 0 Å². The zero-order valence-electron chi connectivity index (χ0n) is 14.4. The molecule has 5 nitrogen and oxygen atoms in total. The van der Waals surface area contributed by atoms with Gasteiger partial charge in [0.1, 0.15) is 4.90 Å². The van der Waals surface area contributed by atoms with Crippen molar-refractivity contribution < 1.29 is 17.3 Å². The lowest BCUT2D eigenvalue weighted by molar-refractivity contribution is 0.389. The third-order valence-electron chi connectivity index (χ3n) is 3.60. The van der Waals surface area contributed by atoms with Gasteiger partial charge in [0.25, 0.3) is 0 Å². The molecule has 0 aliphatic carbocycles. The van der Waals surface area contributed by atoms with Crippen LogP contribution in [0.1, 0.15) is 5.56 Å². The summed E-state index contributed by atoms with van der Waals surface area (Å²) in [6.07, 6.45) is 1.69. The Labute approximate surface area is 171 Å². The van der Waals surface area contributed by atoms with Crippen molar-refractivity contribution in [3.05, 3.63) is 81.9 Å². The van der Waals surface area contributed by atoms with Crippen molar-refractivity contribution >= 4 is 44.6 Å². The van der Waals surface area contributed by atoms with Crippen LogP contribution in [0.3, 0.4) is 0 Å². The highest BCUT2D eigenvalue weighted by Gasteiger charge is 2.21. The molecular weight excluding hydrogens is 477 g/mol. The number of hydrogen-bond acceptors (Lipinski definition) is 5. The fraction of sp³-hybridized carbons (Fsp3) is 0.0500. The third-order valence-corrected chi connectivity index (χ3v) is 5.63. The highest BCUT2D eigenvalue weighted by molar-refractivity contribution is 14.1. The number of ether oxygens (including phenoxy) is 1. The summed E-state index contributed by atoms with van der Waals surface area (Å²) in [6.45, 7) is 0. The fourth-order valence-electron chi connectivity index (χ4n) is 2.30. The summed E-state index contributed by atoms with van der Waals surface area (Å²) in [5.41, 5.74) is 1.59. The summed E-state index contributed by atoms with van der Waals surface area (Å²) < 4.78 is 36.3. The summed E-state index contributed by atoms with van der Waals surface area (Å²) in [5.74, 6) is 0.467. The van der Waals surface area contributed by atoms with Crippen molar-refractivity contribution in [3.63, 3.8) is 0 Å². The van der Waals surface area contributed by atoms with Gasteiger partial charge in [-0.1, -0.05) is 36.4 Å². The maximum atomic E-state index is 12.5. The van der Waals surface area contributed by atoms with E-state index in [0.717, 1.165) is 11.3 Å². The zero-order valence-corrected chi connectivity index (χ0v) is 17.3. The molecule has 27 heavy (non-hydrogen) atoms. The van der Waals surface area contributed by atoms with Crippen LogP contribution < -0.4 is 8.92 Å². The quantitative estimate of drug-likeness (QED) is 0.281. The van der Waals surface area contributed by atoms with Crippen LogP contribution in [-0.4, -0.2) is 21.7 Å². The number of rotatable bonds is 6. The number of halogens is 1. The topological polar surface area (TPSA) is 65.0 Å². The van der Waals surface area contributed by atoms with E-state index in [1.54, 1.807) is 36.5 Å². The van der Waals surface area contributed by atoms with Gasteiger partial charge < -0.3 is 8.92 Å². The highest BCUT2D eigenvalue weighted by Crippen LogP contribution is 2.35. The Bertz CT molecular complexity index is 1050. The van der Waals surface area contributed by atoms with E-state index >= 15 is 0 Å². The number of benzene rings is 3. The van der Waals surface area contributed by atoms with E-state index in [2.05, 4.69) is 4.99 Å². The van der Waals surface area contributed by atoms with E-state index in [9.17, 15) is 8.42 Å². The Kier molecular flexibility index (Phi) is 6.12. The van der Waals surface area contributed by atoms with E-state index < -0.39 is 10.1 Å². The van der Waals surface area contributed by atoms with Gasteiger partial charge in [-0.3, -0.25) is 4.99 Å². The monoisotopic (exact) mass is 493 g/mol. The van der Waals surface area contributed by atoms with Crippen LogP contribution in [-0.2, 0) is 10.1 Å². The Hall–Kier alpha value is -2.39. The molecule has 3 rings (SSSR count). The molecule has 0 aliphatic heterocycles. The molecule has 0 atom stereocenters. The molecule has 0 aromatic heterocycles. The first-order valence-corrected chi connectivity index (χ1v) is 10.4. The lowest BCUT2D eigenvalue weighted by atomic mass is 10.2. The van der Waals surface area contributed by atoms with E-state index in [0.29, 0.717) is 9.32 Å². The maximum Gasteiger partial charge on any atom is 0.339 e. The summed E-state index contributed by atoms with van der Waals surface area (Å²) in [4.78, 5) is 4.48. The standard InChI is InChI=1S/C20H16INO4S/c1-25-19-13-15(14-22-16-8-4-2-5-9-16)12-18(21)20(19)26-27(23,24)17-10-6-3-7-11-17/h2-14H,1H3. The molecule has 0 N–H and O–H groups in total. The van der Waals surface area contributed by atoms with Crippen molar-refractivity contribution in [1.29, 1.82) is 0 Å². The first-order chi connectivity index (χ1) is 13.0. The number of methoxy groups -OCH3 is 1. The minimum absolute atomic E-state index is 0.0811. The smallest absolute Gasteiger partial charge is 0.339 e. The van der Waals surface area contributed by atoms with Crippen LogP contribution in [0.15, 0.2) is 82.7 Å². The third kappa shape index (κ3) is 4.86. The SMILES string of the molecule is COc1cc(C=Nc2ccccc2)cc(I)c1OS(=O)(=O)c1ccccc1. The first kappa shape index (κ1) is 19.4. The molecule has 0 unspecified atom stereocenters. The molecule has 0 spiro atoms. The lowest BCUT2D eigenvalue weighted by Gasteiger charge is -2.13. The van der Waals surface area contributed by atoms with Crippen molar-refractivity contribution in [3.8, 4) is 11.5 Å². The Morgan fingerprint density at radius 1 is 0.963 bits per heavy atom. The summed E-state index contributed by atoms with van der Waals surface area (Å²) in [6, 6.07) is 21.0. The van der Waals surface area contributed by atoms with E-state index in [-0.39, 0.29) is 10.6 Å². The zero-order chi connectivity index (χ0) is 19.3. The van der Waals surface area contributed by atoms with Crippen LogP contribution >= 0.6 is 22.6 Å². The summed E-state index contributed by atoms with van der Waals surface area (Å²) >= 11 is 2.02. The largest absolute Gasteiger partial charge is 0.493 e. The fourth-order valence-corrected chi connectivity index (χ4v) is 4.17. The van der Waals surface area contributed by atoms with Crippen LogP contribution in [0.4, 0.5) is 5.69 Å². The summed E-state index contributed by atoms with van der Waals surface area (Å²) in [5, 5.41) is 0. The Morgan fingerprint density at radius 2 is 1.59 bits per heavy atom. The van der Waals surface area contributed by atoms with Crippen LogP contribution in [0, 0.1) is 3.57 Å². The molecule has 0 aliphatic rings. The van der Waals surface area contributed by atoms with Gasteiger partial charge >= 0.3 is 10.1 Å². The molecule has 138 valence electrons.